The molecule has 0 radical (unpaired) electrons. The molecule has 0 bridgehead atoms. The summed E-state index contributed by atoms with van der Waals surface area (Å²) >= 11 is 0. The second-order valence-electron chi connectivity index (χ2n) is 6.19. The smallest absolute Gasteiger partial charge is 0.573 e. The summed E-state index contributed by atoms with van der Waals surface area (Å²) in [7, 11) is 0. The van der Waals surface area contributed by atoms with E-state index >= 15 is 0 Å². The number of nitrogens with zero attached hydrogens (tertiary/aromatic N) is 2. The zero-order chi connectivity index (χ0) is 24.4. The van der Waals surface area contributed by atoms with Gasteiger partial charge in [0.15, 0.2) is 23.5 Å². The van der Waals surface area contributed by atoms with E-state index in [1.807, 2.05) is 0 Å². The fourth-order valence-corrected chi connectivity index (χ4v) is 2.52. The van der Waals surface area contributed by atoms with Crippen molar-refractivity contribution >= 4 is 11.6 Å². The number of nitrogens with one attached hydrogen (secondary N) is 1. The third kappa shape index (κ3) is 5.99. The monoisotopic (exact) mass is 477 g/mol. The van der Waals surface area contributed by atoms with Crippen LogP contribution in [-0.4, -0.2) is 17.3 Å². The lowest BCUT2D eigenvalue weighted by Gasteiger charge is -2.15. The van der Waals surface area contributed by atoms with Crippen molar-refractivity contribution in [1.29, 1.82) is 0 Å². The van der Waals surface area contributed by atoms with Gasteiger partial charge in [0.1, 0.15) is 22.7 Å². The number of aromatic nitrogens is 2. The number of rotatable bonds is 5. The Morgan fingerprint density at radius 2 is 1.67 bits per heavy atom. The molecule has 3 rings (SSSR count). The second-order valence-corrected chi connectivity index (χ2v) is 6.19. The van der Waals surface area contributed by atoms with Crippen molar-refractivity contribution in [3.63, 3.8) is 0 Å². The number of hydrogen-bond donors (Lipinski definition) is 1. The summed E-state index contributed by atoms with van der Waals surface area (Å²) in [5.41, 5.74) is -3.36. The number of hydrogen-bond acceptors (Lipinski definition) is 5. The molecule has 0 saturated heterocycles. The first-order valence-corrected chi connectivity index (χ1v) is 8.63. The minimum Gasteiger partial charge on any atom is -0.619 e. The Morgan fingerprint density at radius 1 is 1.03 bits per heavy atom. The van der Waals surface area contributed by atoms with Gasteiger partial charge in [-0.2, -0.15) is 17.9 Å². The van der Waals surface area contributed by atoms with Crippen molar-refractivity contribution in [2.45, 2.75) is 12.5 Å². The molecule has 3 aromatic rings. The van der Waals surface area contributed by atoms with E-state index in [1.54, 1.807) is 0 Å². The molecule has 0 unspecified atom stereocenters. The molecule has 1 amide bonds. The average Bonchev–Trinajstić information content (AvgIpc) is 2.67. The van der Waals surface area contributed by atoms with E-state index in [0.717, 1.165) is 36.7 Å². The van der Waals surface area contributed by atoms with E-state index in [1.165, 1.54) is 12.1 Å². The van der Waals surface area contributed by atoms with Crippen LogP contribution in [0.4, 0.5) is 36.4 Å². The highest BCUT2D eigenvalue weighted by Crippen LogP contribution is 2.36. The van der Waals surface area contributed by atoms with Crippen molar-refractivity contribution in [3.8, 4) is 17.2 Å². The van der Waals surface area contributed by atoms with Gasteiger partial charge in [0, 0.05) is 6.07 Å². The Bertz CT molecular complexity index is 1170. The van der Waals surface area contributed by atoms with Crippen LogP contribution in [0, 0.1) is 11.0 Å². The minimum atomic E-state index is -5.25. The largest absolute Gasteiger partial charge is 0.619 e. The van der Waals surface area contributed by atoms with E-state index in [2.05, 4.69) is 15.0 Å². The topological polar surface area (TPSA) is 87.4 Å². The fraction of sp³-hybridized carbons (Fsp3) is 0.105. The van der Waals surface area contributed by atoms with Gasteiger partial charge in [0.2, 0.25) is 6.20 Å². The molecule has 14 heteroatoms. The molecule has 0 aliphatic rings. The summed E-state index contributed by atoms with van der Waals surface area (Å²) in [4.78, 5) is 15.5. The van der Waals surface area contributed by atoms with Crippen LogP contribution in [0.2, 0.25) is 0 Å². The zero-order valence-corrected chi connectivity index (χ0v) is 15.9. The van der Waals surface area contributed by atoms with Gasteiger partial charge in [-0.3, -0.25) is 4.79 Å². The highest BCUT2D eigenvalue weighted by Gasteiger charge is 2.39. The van der Waals surface area contributed by atoms with Crippen LogP contribution in [0.1, 0.15) is 16.1 Å². The summed E-state index contributed by atoms with van der Waals surface area (Å²) in [5.74, 6) is -5.12. The molecule has 0 aliphatic carbocycles. The van der Waals surface area contributed by atoms with Crippen LogP contribution in [0.15, 0.2) is 55.0 Å². The molecule has 0 atom stereocenters. The van der Waals surface area contributed by atoms with Crippen molar-refractivity contribution in [2.75, 3.05) is 5.32 Å². The molecule has 0 aliphatic heterocycles. The lowest BCUT2D eigenvalue weighted by Crippen LogP contribution is -2.26. The van der Waals surface area contributed by atoms with Gasteiger partial charge in [-0.1, -0.05) is 0 Å². The molecule has 2 heterocycles. The van der Waals surface area contributed by atoms with Gasteiger partial charge in [0.25, 0.3) is 5.91 Å². The summed E-state index contributed by atoms with van der Waals surface area (Å²) in [6.45, 7) is 0. The lowest BCUT2D eigenvalue weighted by molar-refractivity contribution is -0.604. The number of halogens is 7. The Balaban J connectivity index is 1.97. The number of amides is 1. The SMILES string of the molecule is O=C(Nc1ccc[n+]([O-])c1)c1c(Oc2ccc(OC(F)(F)F)cc2)cnc(C(F)(F)F)c1F. The lowest BCUT2D eigenvalue weighted by atomic mass is 10.1. The second kappa shape index (κ2) is 8.80. The first kappa shape index (κ1) is 23.6. The molecule has 0 spiro atoms. The Morgan fingerprint density at radius 3 is 2.24 bits per heavy atom. The van der Waals surface area contributed by atoms with Crippen LogP contribution in [-0.2, 0) is 6.18 Å². The number of carbonyl (C=O) groups excluding carboxylic acids is 1. The Labute approximate surface area is 179 Å². The van der Waals surface area contributed by atoms with Gasteiger partial charge in [-0.05, 0) is 30.3 Å². The standard InChI is InChI=1S/C19H10F7N3O4/c20-15-14(17(30)28-10-2-1-7-29(31)9-10)13(8-27-16(15)18(21,22)23)32-11-3-5-12(6-4-11)33-19(24,25)26/h1-9H,(H,28,30). The van der Waals surface area contributed by atoms with E-state index < -0.39 is 47.0 Å². The van der Waals surface area contributed by atoms with Gasteiger partial charge < -0.3 is 20.0 Å². The normalized spacial score (nSPS) is 11.7. The van der Waals surface area contributed by atoms with E-state index in [0.29, 0.717) is 6.20 Å². The number of ether oxygens (including phenoxy) is 2. The van der Waals surface area contributed by atoms with Crippen molar-refractivity contribution < 1.29 is 49.7 Å². The van der Waals surface area contributed by atoms with Crippen LogP contribution >= 0.6 is 0 Å². The van der Waals surface area contributed by atoms with Crippen molar-refractivity contribution in [3.05, 3.63) is 77.3 Å². The Hall–Kier alpha value is -4.10. The third-order valence-electron chi connectivity index (χ3n) is 3.80. The zero-order valence-electron chi connectivity index (χ0n) is 15.9. The molecule has 174 valence electrons. The van der Waals surface area contributed by atoms with Crippen LogP contribution in [0.5, 0.6) is 17.2 Å². The third-order valence-corrected chi connectivity index (χ3v) is 3.80. The minimum absolute atomic E-state index is 0.165. The van der Waals surface area contributed by atoms with Gasteiger partial charge in [0.05, 0.1) is 6.20 Å². The molecule has 0 saturated carbocycles. The van der Waals surface area contributed by atoms with E-state index in [4.69, 9.17) is 4.74 Å². The number of benzene rings is 1. The maximum atomic E-state index is 14.7. The molecular weight excluding hydrogens is 467 g/mol. The van der Waals surface area contributed by atoms with Gasteiger partial charge in [-0.15, -0.1) is 13.2 Å². The quantitative estimate of drug-likeness (QED) is 0.324. The number of pyridine rings is 2. The molecule has 1 N–H and O–H groups in total. The summed E-state index contributed by atoms with van der Waals surface area (Å²) in [6.07, 6.45) is -7.86. The average molecular weight is 477 g/mol. The molecular formula is C19H10F7N3O4. The highest BCUT2D eigenvalue weighted by molar-refractivity contribution is 6.06. The summed E-state index contributed by atoms with van der Waals surface area (Å²) < 4.78 is 99.8. The predicted molar refractivity (Wildman–Crippen MR) is 95.8 cm³/mol. The number of anilines is 1. The van der Waals surface area contributed by atoms with Gasteiger partial charge >= 0.3 is 12.5 Å². The van der Waals surface area contributed by atoms with Crippen LogP contribution in [0.25, 0.3) is 0 Å². The first-order valence-electron chi connectivity index (χ1n) is 8.63. The van der Waals surface area contributed by atoms with Crippen LogP contribution in [0.3, 0.4) is 0 Å². The molecule has 2 aromatic heterocycles. The maximum absolute atomic E-state index is 14.7. The van der Waals surface area contributed by atoms with Gasteiger partial charge in [-0.25, -0.2) is 9.37 Å². The van der Waals surface area contributed by atoms with E-state index in [-0.39, 0.29) is 16.2 Å². The summed E-state index contributed by atoms with van der Waals surface area (Å²) in [6, 6.07) is 5.97. The van der Waals surface area contributed by atoms with Crippen molar-refractivity contribution in [1.82, 2.24) is 4.98 Å². The number of alkyl halides is 6. The highest BCUT2D eigenvalue weighted by atomic mass is 19.4. The molecule has 0 fully saturated rings. The first-order chi connectivity index (χ1) is 15.3. The summed E-state index contributed by atoms with van der Waals surface area (Å²) in [5, 5.41) is 13.4. The van der Waals surface area contributed by atoms with Crippen LogP contribution < -0.4 is 19.5 Å². The van der Waals surface area contributed by atoms with Crippen molar-refractivity contribution in [2.24, 2.45) is 0 Å². The molecule has 33 heavy (non-hydrogen) atoms. The fourth-order valence-electron chi connectivity index (χ4n) is 2.52. The maximum Gasteiger partial charge on any atom is 0.573 e. The predicted octanol–water partition coefficient (Wildman–Crippen LogP) is 4.82. The number of carbonyl (C=O) groups is 1. The molecule has 7 nitrogen and oxygen atoms in total. The molecule has 1 aromatic carbocycles. The van der Waals surface area contributed by atoms with E-state index in [9.17, 15) is 40.7 Å². The Kier molecular flexibility index (Phi) is 6.28.